The Labute approximate surface area is 150 Å². The van der Waals surface area contributed by atoms with Gasteiger partial charge in [0.1, 0.15) is 11.5 Å². The molecule has 0 radical (unpaired) electrons. The fourth-order valence-electron chi connectivity index (χ4n) is 3.22. The second-order valence-electron chi connectivity index (χ2n) is 6.10. The minimum absolute atomic E-state index is 0.482. The van der Waals surface area contributed by atoms with Crippen LogP contribution in [0.4, 0.5) is 0 Å². The van der Waals surface area contributed by atoms with E-state index in [-0.39, 0.29) is 0 Å². The quantitative estimate of drug-likeness (QED) is 0.500. The molecule has 4 aromatic rings. The van der Waals surface area contributed by atoms with Gasteiger partial charge in [0, 0.05) is 0 Å². The molecule has 124 valence electrons. The summed E-state index contributed by atoms with van der Waals surface area (Å²) in [4.78, 5) is 12.6. The van der Waals surface area contributed by atoms with Crippen LogP contribution < -0.4 is 9.31 Å². The molecule has 0 saturated carbocycles. The van der Waals surface area contributed by atoms with E-state index in [4.69, 9.17) is 14.0 Å². The molecule has 0 unspecified atom stereocenters. The van der Waals surface area contributed by atoms with Crippen molar-refractivity contribution in [1.82, 2.24) is 0 Å². The zero-order valence-electron chi connectivity index (χ0n) is 13.7. The first-order chi connectivity index (χ1) is 12.8. The van der Waals surface area contributed by atoms with Gasteiger partial charge in [-0.15, -0.1) is 0 Å². The van der Waals surface area contributed by atoms with Crippen molar-refractivity contribution in [2.24, 2.45) is 0 Å². The smallest absolute Gasteiger partial charge is 0.486 e. The molecule has 5 rings (SSSR count). The molecular weight excluding hydrogens is 327 g/mol. The SMILES string of the molecule is O=C(OB1Oc2cc3ccccc3cc2O1)c1cccc2ccccc12. The summed E-state index contributed by atoms with van der Waals surface area (Å²) in [6, 6.07) is 24.9. The van der Waals surface area contributed by atoms with Gasteiger partial charge < -0.3 is 14.0 Å². The summed E-state index contributed by atoms with van der Waals surface area (Å²) in [6.45, 7) is 0. The van der Waals surface area contributed by atoms with Crippen molar-refractivity contribution in [1.29, 1.82) is 0 Å². The van der Waals surface area contributed by atoms with Gasteiger partial charge in [-0.25, -0.2) is 4.79 Å². The lowest BCUT2D eigenvalue weighted by molar-refractivity contribution is 0.0678. The topological polar surface area (TPSA) is 44.8 Å². The van der Waals surface area contributed by atoms with Crippen molar-refractivity contribution in [2.45, 2.75) is 0 Å². The van der Waals surface area contributed by atoms with Gasteiger partial charge in [0.15, 0.2) is 0 Å². The van der Waals surface area contributed by atoms with Crippen molar-refractivity contribution < 1.29 is 18.8 Å². The molecule has 0 aromatic heterocycles. The molecule has 0 N–H and O–H groups in total. The van der Waals surface area contributed by atoms with Gasteiger partial charge in [-0.2, -0.15) is 0 Å². The highest BCUT2D eigenvalue weighted by molar-refractivity contribution is 6.43. The van der Waals surface area contributed by atoms with Crippen LogP contribution in [0.5, 0.6) is 11.5 Å². The van der Waals surface area contributed by atoms with Crippen LogP contribution in [0, 0.1) is 0 Å². The van der Waals surface area contributed by atoms with Crippen molar-refractivity contribution in [3.05, 3.63) is 84.4 Å². The van der Waals surface area contributed by atoms with E-state index in [0.717, 1.165) is 21.5 Å². The van der Waals surface area contributed by atoms with E-state index in [0.29, 0.717) is 17.1 Å². The Kier molecular flexibility index (Phi) is 3.32. The number of benzene rings is 4. The summed E-state index contributed by atoms with van der Waals surface area (Å²) >= 11 is 0. The Morgan fingerprint density at radius 3 is 2.00 bits per heavy atom. The van der Waals surface area contributed by atoms with E-state index in [1.165, 1.54) is 0 Å². The van der Waals surface area contributed by atoms with Gasteiger partial charge in [-0.1, -0.05) is 60.7 Å². The number of carbonyl (C=O) groups excluding carboxylic acids is 1. The minimum atomic E-state index is -1.09. The Morgan fingerprint density at radius 2 is 1.31 bits per heavy atom. The molecular formula is C21H13BO4. The Balaban J connectivity index is 1.41. The van der Waals surface area contributed by atoms with Gasteiger partial charge in [-0.3, -0.25) is 0 Å². The lowest BCUT2D eigenvalue weighted by Crippen LogP contribution is -2.31. The van der Waals surface area contributed by atoms with Crippen molar-refractivity contribution in [3.8, 4) is 11.5 Å². The van der Waals surface area contributed by atoms with E-state index in [1.807, 2.05) is 72.8 Å². The first kappa shape index (κ1) is 14.8. The normalized spacial score (nSPS) is 12.5. The largest absolute Gasteiger partial charge is 0.866 e. The van der Waals surface area contributed by atoms with Crippen molar-refractivity contribution >= 4 is 34.8 Å². The van der Waals surface area contributed by atoms with Crippen LogP contribution in [-0.2, 0) is 4.65 Å². The predicted octanol–water partition coefficient (Wildman–Crippen LogP) is 4.61. The fraction of sp³-hybridized carbons (Fsp3) is 0. The van der Waals surface area contributed by atoms with Gasteiger partial charge in [0.25, 0.3) is 0 Å². The minimum Gasteiger partial charge on any atom is -0.486 e. The summed E-state index contributed by atoms with van der Waals surface area (Å²) in [5.41, 5.74) is 0.483. The molecule has 0 spiro atoms. The molecule has 4 aromatic carbocycles. The van der Waals surface area contributed by atoms with Crippen LogP contribution in [-0.4, -0.2) is 13.3 Å². The maximum atomic E-state index is 12.6. The molecule has 4 nitrogen and oxygen atoms in total. The highest BCUT2D eigenvalue weighted by Crippen LogP contribution is 2.37. The first-order valence-corrected chi connectivity index (χ1v) is 8.33. The molecule has 26 heavy (non-hydrogen) atoms. The summed E-state index contributed by atoms with van der Waals surface area (Å²) in [5.74, 6) is 0.656. The van der Waals surface area contributed by atoms with E-state index in [2.05, 4.69) is 0 Å². The van der Waals surface area contributed by atoms with Gasteiger partial charge in [-0.05, 0) is 39.7 Å². The summed E-state index contributed by atoms with van der Waals surface area (Å²) in [5, 5.41) is 3.89. The summed E-state index contributed by atoms with van der Waals surface area (Å²) < 4.78 is 16.7. The molecule has 5 heteroatoms. The zero-order chi connectivity index (χ0) is 17.5. The second kappa shape index (κ2) is 5.81. The van der Waals surface area contributed by atoms with Crippen LogP contribution in [0.25, 0.3) is 21.5 Å². The lowest BCUT2D eigenvalue weighted by atomic mass is 10.0. The Morgan fingerprint density at radius 1 is 0.731 bits per heavy atom. The Hall–Kier alpha value is -3.47. The average molecular weight is 340 g/mol. The monoisotopic (exact) mass is 340 g/mol. The van der Waals surface area contributed by atoms with Gasteiger partial charge >= 0.3 is 13.3 Å². The maximum Gasteiger partial charge on any atom is 0.866 e. The molecule has 0 aliphatic carbocycles. The third kappa shape index (κ3) is 2.45. The van der Waals surface area contributed by atoms with Crippen LogP contribution in [0.15, 0.2) is 78.9 Å². The standard InChI is InChI=1S/C21H13BO4/c23-21(18-11-5-9-14-6-3-4-10-17(14)18)26-22-24-19-12-15-7-1-2-8-16(15)13-20(19)25-22/h1-13H. The number of hydrogen-bond donors (Lipinski definition) is 0. The van der Waals surface area contributed by atoms with Crippen LogP contribution in [0.2, 0.25) is 0 Å². The van der Waals surface area contributed by atoms with E-state index >= 15 is 0 Å². The van der Waals surface area contributed by atoms with Crippen molar-refractivity contribution in [3.63, 3.8) is 0 Å². The van der Waals surface area contributed by atoms with E-state index in [1.54, 1.807) is 6.07 Å². The Bertz CT molecular complexity index is 1110. The maximum absolute atomic E-state index is 12.6. The highest BCUT2D eigenvalue weighted by Gasteiger charge is 2.40. The zero-order valence-corrected chi connectivity index (χ0v) is 13.7. The van der Waals surface area contributed by atoms with Crippen LogP contribution >= 0.6 is 0 Å². The highest BCUT2D eigenvalue weighted by atomic mass is 16.8. The number of hydrogen-bond acceptors (Lipinski definition) is 4. The van der Waals surface area contributed by atoms with E-state index < -0.39 is 13.3 Å². The van der Waals surface area contributed by atoms with Gasteiger partial charge in [0.2, 0.25) is 0 Å². The molecule has 0 atom stereocenters. The van der Waals surface area contributed by atoms with E-state index in [9.17, 15) is 4.79 Å². The average Bonchev–Trinajstić information content (AvgIpc) is 3.06. The second-order valence-corrected chi connectivity index (χ2v) is 6.10. The number of carbonyl (C=O) groups is 1. The van der Waals surface area contributed by atoms with Crippen LogP contribution in [0.3, 0.4) is 0 Å². The van der Waals surface area contributed by atoms with Gasteiger partial charge in [0.05, 0.1) is 5.56 Å². The molecule has 0 amide bonds. The molecule has 1 aliphatic rings. The molecule has 0 bridgehead atoms. The summed E-state index contributed by atoms with van der Waals surface area (Å²) in [6.07, 6.45) is 0. The third-order valence-corrected chi connectivity index (χ3v) is 4.47. The number of fused-ring (bicyclic) bond motifs is 3. The summed E-state index contributed by atoms with van der Waals surface area (Å²) in [7, 11) is -1.09. The molecule has 1 aliphatic heterocycles. The molecule has 1 heterocycles. The fourth-order valence-corrected chi connectivity index (χ4v) is 3.22. The van der Waals surface area contributed by atoms with Crippen LogP contribution in [0.1, 0.15) is 10.4 Å². The molecule has 0 fully saturated rings. The number of rotatable bonds is 2. The first-order valence-electron chi connectivity index (χ1n) is 8.33. The van der Waals surface area contributed by atoms with Crippen molar-refractivity contribution in [2.75, 3.05) is 0 Å². The predicted molar refractivity (Wildman–Crippen MR) is 100 cm³/mol. The lowest BCUT2D eigenvalue weighted by Gasteiger charge is -2.08. The third-order valence-electron chi connectivity index (χ3n) is 4.47. The molecule has 0 saturated heterocycles.